The van der Waals surface area contributed by atoms with Gasteiger partial charge in [0.1, 0.15) is 11.6 Å². The summed E-state index contributed by atoms with van der Waals surface area (Å²) in [6, 6.07) is 3.87. The fourth-order valence-electron chi connectivity index (χ4n) is 1.12. The molecule has 0 saturated carbocycles. The highest BCUT2D eigenvalue weighted by molar-refractivity contribution is 5.75. The summed E-state index contributed by atoms with van der Waals surface area (Å²) in [4.78, 5) is 10.4. The summed E-state index contributed by atoms with van der Waals surface area (Å²) in [6.07, 6.45) is 0. The van der Waals surface area contributed by atoms with Crippen molar-refractivity contribution in [3.8, 4) is 5.75 Å². The van der Waals surface area contributed by atoms with Crippen LogP contribution in [0.5, 0.6) is 5.75 Å². The predicted octanol–water partition coefficient (Wildman–Crippen LogP) is 0.710. The van der Waals surface area contributed by atoms with Gasteiger partial charge in [0.2, 0.25) is 0 Å². The number of carbonyl (C=O) groups excluding carboxylic acids is 1. The van der Waals surface area contributed by atoms with Crippen LogP contribution >= 0.6 is 0 Å². The van der Waals surface area contributed by atoms with Crippen LogP contribution in [-0.2, 0) is 4.79 Å². The van der Waals surface area contributed by atoms with Crippen molar-refractivity contribution in [3.05, 3.63) is 29.6 Å². The molecule has 4 N–H and O–H groups in total. The van der Waals surface area contributed by atoms with E-state index >= 15 is 0 Å². The zero-order valence-electron chi connectivity index (χ0n) is 8.37. The highest BCUT2D eigenvalue weighted by atomic mass is 19.1. The summed E-state index contributed by atoms with van der Waals surface area (Å²) in [5.41, 5.74) is 10.8. The van der Waals surface area contributed by atoms with E-state index in [2.05, 4.69) is 0 Å². The Bertz CT molecular complexity index is 366. The van der Waals surface area contributed by atoms with Crippen molar-refractivity contribution in [2.24, 2.45) is 11.5 Å². The van der Waals surface area contributed by atoms with Crippen molar-refractivity contribution in [3.63, 3.8) is 0 Å². The highest BCUT2D eigenvalue weighted by Crippen LogP contribution is 2.20. The number of rotatable bonds is 4. The fourth-order valence-corrected chi connectivity index (χ4v) is 1.12. The van der Waals surface area contributed by atoms with Crippen LogP contribution in [0.2, 0.25) is 0 Å². The summed E-state index contributed by atoms with van der Waals surface area (Å²) in [5.74, 6) is -0.797. The molecule has 0 saturated heterocycles. The molecule has 0 unspecified atom stereocenters. The van der Waals surface area contributed by atoms with Gasteiger partial charge in [0, 0.05) is 17.7 Å². The summed E-state index contributed by atoms with van der Waals surface area (Å²) in [6.45, 7) is 1.42. The van der Waals surface area contributed by atoms with Crippen molar-refractivity contribution in [2.45, 2.75) is 13.0 Å². The fraction of sp³-hybridized carbons (Fsp3) is 0.300. The first-order valence-electron chi connectivity index (χ1n) is 4.47. The molecule has 0 aliphatic heterocycles. The van der Waals surface area contributed by atoms with Gasteiger partial charge < -0.3 is 16.2 Å². The molecule has 4 nitrogen and oxygen atoms in total. The van der Waals surface area contributed by atoms with E-state index in [4.69, 9.17) is 16.2 Å². The van der Waals surface area contributed by atoms with Gasteiger partial charge in [0.15, 0.2) is 6.61 Å². The van der Waals surface area contributed by atoms with Crippen molar-refractivity contribution < 1.29 is 13.9 Å². The number of ether oxygens (including phenoxy) is 1. The Kier molecular flexibility index (Phi) is 3.62. The van der Waals surface area contributed by atoms with Crippen molar-refractivity contribution in [1.82, 2.24) is 0 Å². The van der Waals surface area contributed by atoms with Gasteiger partial charge in [0.05, 0.1) is 0 Å². The third-order valence-electron chi connectivity index (χ3n) is 1.84. The first-order chi connectivity index (χ1) is 7.00. The van der Waals surface area contributed by atoms with E-state index in [0.29, 0.717) is 5.56 Å². The molecule has 0 aliphatic carbocycles. The first kappa shape index (κ1) is 11.5. The standard InChI is InChI=1S/C10H13FN2O2/c1-6(12)8-3-2-7(4-9(8)11)15-5-10(13)14/h2-4,6H,5,12H2,1H3,(H2,13,14)/t6-/m0/s1. The Balaban J connectivity index is 2.77. The van der Waals surface area contributed by atoms with Crippen molar-refractivity contribution in [1.29, 1.82) is 0 Å². The Morgan fingerprint density at radius 2 is 2.27 bits per heavy atom. The molecule has 0 spiro atoms. The van der Waals surface area contributed by atoms with Gasteiger partial charge in [-0.3, -0.25) is 4.79 Å². The minimum atomic E-state index is -0.605. The molecule has 1 aromatic rings. The quantitative estimate of drug-likeness (QED) is 0.771. The molecule has 5 heteroatoms. The molecule has 15 heavy (non-hydrogen) atoms. The lowest BCUT2D eigenvalue weighted by atomic mass is 10.1. The zero-order valence-corrected chi connectivity index (χ0v) is 8.37. The normalized spacial score (nSPS) is 12.2. The third-order valence-corrected chi connectivity index (χ3v) is 1.84. The summed E-state index contributed by atoms with van der Waals surface area (Å²) >= 11 is 0. The van der Waals surface area contributed by atoms with Gasteiger partial charge in [-0.05, 0) is 13.0 Å². The lowest BCUT2D eigenvalue weighted by Gasteiger charge is -2.09. The molecule has 1 amide bonds. The Morgan fingerprint density at radius 1 is 1.60 bits per heavy atom. The summed E-state index contributed by atoms with van der Waals surface area (Å²) in [5, 5.41) is 0. The van der Waals surface area contributed by atoms with Crippen LogP contribution in [0.4, 0.5) is 4.39 Å². The second-order valence-corrected chi connectivity index (χ2v) is 3.23. The smallest absolute Gasteiger partial charge is 0.255 e. The Labute approximate surface area is 87.0 Å². The topological polar surface area (TPSA) is 78.3 Å². The van der Waals surface area contributed by atoms with E-state index in [1.54, 1.807) is 13.0 Å². The van der Waals surface area contributed by atoms with E-state index in [-0.39, 0.29) is 18.4 Å². The van der Waals surface area contributed by atoms with E-state index < -0.39 is 11.7 Å². The predicted molar refractivity (Wildman–Crippen MR) is 53.7 cm³/mol. The second-order valence-electron chi connectivity index (χ2n) is 3.23. The summed E-state index contributed by atoms with van der Waals surface area (Å²) in [7, 11) is 0. The van der Waals surface area contributed by atoms with Crippen LogP contribution in [0.3, 0.4) is 0 Å². The molecule has 1 atom stereocenters. The van der Waals surface area contributed by atoms with E-state index in [1.165, 1.54) is 12.1 Å². The number of hydrogen-bond donors (Lipinski definition) is 2. The molecule has 1 aromatic carbocycles. The zero-order chi connectivity index (χ0) is 11.4. The summed E-state index contributed by atoms with van der Waals surface area (Å²) < 4.78 is 18.3. The molecule has 0 bridgehead atoms. The number of benzene rings is 1. The maximum atomic E-state index is 13.3. The van der Waals surface area contributed by atoms with Crippen LogP contribution in [0.1, 0.15) is 18.5 Å². The molecule has 0 fully saturated rings. The minimum absolute atomic E-state index is 0.260. The number of nitrogens with two attached hydrogens (primary N) is 2. The Morgan fingerprint density at radius 3 is 2.73 bits per heavy atom. The van der Waals surface area contributed by atoms with Crippen LogP contribution in [-0.4, -0.2) is 12.5 Å². The van der Waals surface area contributed by atoms with Crippen molar-refractivity contribution >= 4 is 5.91 Å². The van der Waals surface area contributed by atoms with E-state index in [1.807, 2.05) is 0 Å². The van der Waals surface area contributed by atoms with E-state index in [9.17, 15) is 9.18 Å². The van der Waals surface area contributed by atoms with Gasteiger partial charge in [0.25, 0.3) is 5.91 Å². The first-order valence-corrected chi connectivity index (χ1v) is 4.47. The molecular weight excluding hydrogens is 199 g/mol. The maximum Gasteiger partial charge on any atom is 0.255 e. The molecular formula is C10H13FN2O2. The van der Waals surface area contributed by atoms with Gasteiger partial charge >= 0.3 is 0 Å². The number of hydrogen-bond acceptors (Lipinski definition) is 3. The molecule has 0 heterocycles. The monoisotopic (exact) mass is 212 g/mol. The van der Waals surface area contributed by atoms with Crippen molar-refractivity contribution in [2.75, 3.05) is 6.61 Å². The van der Waals surface area contributed by atoms with Gasteiger partial charge in [-0.25, -0.2) is 4.39 Å². The average Bonchev–Trinajstić information content (AvgIpc) is 2.14. The molecule has 0 radical (unpaired) electrons. The van der Waals surface area contributed by atoms with E-state index in [0.717, 1.165) is 0 Å². The third kappa shape index (κ3) is 3.21. The van der Waals surface area contributed by atoms with Crippen LogP contribution in [0, 0.1) is 5.82 Å². The Hall–Kier alpha value is -1.62. The van der Waals surface area contributed by atoms with Crippen LogP contribution < -0.4 is 16.2 Å². The van der Waals surface area contributed by atoms with Crippen LogP contribution in [0.25, 0.3) is 0 Å². The number of carbonyl (C=O) groups is 1. The molecule has 82 valence electrons. The van der Waals surface area contributed by atoms with Gasteiger partial charge in [-0.15, -0.1) is 0 Å². The minimum Gasteiger partial charge on any atom is -0.484 e. The molecule has 1 rings (SSSR count). The van der Waals surface area contributed by atoms with Crippen LogP contribution in [0.15, 0.2) is 18.2 Å². The number of halogens is 1. The SMILES string of the molecule is C[C@H](N)c1ccc(OCC(N)=O)cc1F. The number of amides is 1. The average molecular weight is 212 g/mol. The highest BCUT2D eigenvalue weighted by Gasteiger charge is 2.08. The number of primary amides is 1. The molecule has 0 aromatic heterocycles. The molecule has 0 aliphatic rings. The second kappa shape index (κ2) is 4.75. The van der Waals surface area contributed by atoms with Gasteiger partial charge in [-0.2, -0.15) is 0 Å². The maximum absolute atomic E-state index is 13.3. The lowest BCUT2D eigenvalue weighted by molar-refractivity contribution is -0.119. The lowest BCUT2D eigenvalue weighted by Crippen LogP contribution is -2.20. The largest absolute Gasteiger partial charge is 0.484 e. The van der Waals surface area contributed by atoms with Gasteiger partial charge in [-0.1, -0.05) is 6.07 Å².